The van der Waals surface area contributed by atoms with Crippen molar-refractivity contribution in [3.8, 4) is 0 Å². The first-order chi connectivity index (χ1) is 9.88. The molecule has 1 aromatic heterocycles. The van der Waals surface area contributed by atoms with Crippen LogP contribution >= 0.6 is 11.3 Å². The summed E-state index contributed by atoms with van der Waals surface area (Å²) >= 11 is 1.76. The maximum Gasteiger partial charge on any atom is 0.191 e. The second-order valence-corrected chi connectivity index (χ2v) is 6.09. The largest absolute Gasteiger partial charge is 0.357 e. The third-order valence-electron chi connectivity index (χ3n) is 3.44. The number of guanidine groups is 1. The summed E-state index contributed by atoms with van der Waals surface area (Å²) < 4.78 is 0. The first-order valence-corrected chi connectivity index (χ1v) is 8.49. The zero-order valence-corrected chi connectivity index (χ0v) is 13.1. The van der Waals surface area contributed by atoms with Gasteiger partial charge in [0, 0.05) is 18.0 Å². The highest BCUT2D eigenvalue weighted by atomic mass is 32.1. The number of hydrogen-bond acceptors (Lipinski definition) is 2. The van der Waals surface area contributed by atoms with E-state index >= 15 is 0 Å². The Morgan fingerprint density at radius 1 is 1.35 bits per heavy atom. The number of thiophene rings is 1. The first-order valence-electron chi connectivity index (χ1n) is 7.61. The van der Waals surface area contributed by atoms with Gasteiger partial charge in [-0.2, -0.15) is 0 Å². The zero-order chi connectivity index (χ0) is 14.0. The van der Waals surface area contributed by atoms with Gasteiger partial charge < -0.3 is 10.6 Å². The predicted octanol–water partition coefficient (Wildman–Crippen LogP) is 3.69. The van der Waals surface area contributed by atoms with Crippen LogP contribution in [0.15, 0.2) is 34.2 Å². The van der Waals surface area contributed by atoms with Gasteiger partial charge >= 0.3 is 0 Å². The smallest absolute Gasteiger partial charge is 0.191 e. The number of allylic oxidation sites excluding steroid dienone is 1. The molecule has 1 aromatic rings. The Labute approximate surface area is 126 Å². The van der Waals surface area contributed by atoms with Gasteiger partial charge in [-0.25, -0.2) is 4.99 Å². The molecule has 0 saturated heterocycles. The molecule has 0 bridgehead atoms. The lowest BCUT2D eigenvalue weighted by Gasteiger charge is -2.15. The molecule has 3 nitrogen and oxygen atoms in total. The van der Waals surface area contributed by atoms with E-state index in [0.717, 1.165) is 32.0 Å². The summed E-state index contributed by atoms with van der Waals surface area (Å²) in [5, 5.41) is 8.84. The molecule has 2 rings (SSSR count). The minimum absolute atomic E-state index is 0.760. The summed E-state index contributed by atoms with van der Waals surface area (Å²) in [7, 11) is 0. The monoisotopic (exact) mass is 291 g/mol. The van der Waals surface area contributed by atoms with E-state index in [9.17, 15) is 0 Å². The number of rotatable bonds is 6. The maximum atomic E-state index is 4.62. The van der Waals surface area contributed by atoms with Crippen LogP contribution in [0.1, 0.15) is 43.9 Å². The van der Waals surface area contributed by atoms with Crippen LogP contribution in [0.4, 0.5) is 0 Å². The maximum absolute atomic E-state index is 4.62. The van der Waals surface area contributed by atoms with Crippen molar-refractivity contribution in [2.24, 2.45) is 4.99 Å². The van der Waals surface area contributed by atoms with Crippen molar-refractivity contribution in [1.29, 1.82) is 0 Å². The van der Waals surface area contributed by atoms with Gasteiger partial charge in [0.1, 0.15) is 0 Å². The van der Waals surface area contributed by atoms with Crippen molar-refractivity contribution in [2.75, 3.05) is 13.1 Å². The van der Waals surface area contributed by atoms with E-state index in [1.807, 2.05) is 0 Å². The van der Waals surface area contributed by atoms with Crippen molar-refractivity contribution in [1.82, 2.24) is 10.6 Å². The lowest BCUT2D eigenvalue weighted by atomic mass is 9.97. The molecule has 0 aromatic carbocycles. The van der Waals surface area contributed by atoms with Crippen LogP contribution in [0.25, 0.3) is 0 Å². The van der Waals surface area contributed by atoms with Crippen LogP contribution in [0.5, 0.6) is 0 Å². The van der Waals surface area contributed by atoms with Gasteiger partial charge in [0.05, 0.1) is 6.54 Å². The molecule has 4 heteroatoms. The summed E-state index contributed by atoms with van der Waals surface area (Å²) in [4.78, 5) is 5.93. The Kier molecular flexibility index (Phi) is 6.64. The van der Waals surface area contributed by atoms with Crippen molar-refractivity contribution in [3.63, 3.8) is 0 Å². The van der Waals surface area contributed by atoms with Crippen LogP contribution < -0.4 is 10.6 Å². The Morgan fingerprint density at radius 3 is 3.00 bits per heavy atom. The van der Waals surface area contributed by atoms with Crippen LogP contribution in [0, 0.1) is 0 Å². The zero-order valence-electron chi connectivity index (χ0n) is 12.3. The van der Waals surface area contributed by atoms with E-state index in [1.54, 1.807) is 16.9 Å². The lowest BCUT2D eigenvalue weighted by molar-refractivity contribution is 0.665. The average molecular weight is 291 g/mol. The third kappa shape index (κ3) is 5.37. The standard InChI is InChI=1S/C16H25N3S/c1-2-17-16(19-13-15-9-6-12-20-15)18-11-10-14-7-4-3-5-8-14/h6-7,9,12H,2-5,8,10-11,13H2,1H3,(H2,17,18,19). The van der Waals surface area contributed by atoms with Crippen LogP contribution in [-0.2, 0) is 6.54 Å². The highest BCUT2D eigenvalue weighted by Crippen LogP contribution is 2.19. The summed E-state index contributed by atoms with van der Waals surface area (Å²) in [6, 6.07) is 4.20. The van der Waals surface area contributed by atoms with E-state index in [1.165, 1.54) is 30.6 Å². The number of aliphatic imine (C=N–C) groups is 1. The molecule has 110 valence electrons. The third-order valence-corrected chi connectivity index (χ3v) is 4.30. The average Bonchev–Trinajstić information content (AvgIpc) is 2.99. The van der Waals surface area contributed by atoms with Crippen molar-refractivity contribution < 1.29 is 0 Å². The molecule has 0 aliphatic heterocycles. The summed E-state index contributed by atoms with van der Waals surface area (Å²) in [5.41, 5.74) is 1.61. The second-order valence-electron chi connectivity index (χ2n) is 5.06. The number of hydrogen-bond donors (Lipinski definition) is 2. The molecule has 0 unspecified atom stereocenters. The fourth-order valence-corrected chi connectivity index (χ4v) is 3.00. The molecule has 0 radical (unpaired) electrons. The van der Waals surface area contributed by atoms with E-state index in [-0.39, 0.29) is 0 Å². The molecule has 0 saturated carbocycles. The van der Waals surface area contributed by atoms with Gasteiger partial charge in [-0.05, 0) is 50.5 Å². The highest BCUT2D eigenvalue weighted by molar-refractivity contribution is 7.09. The Balaban J connectivity index is 1.76. The minimum atomic E-state index is 0.760. The van der Waals surface area contributed by atoms with Crippen LogP contribution in [0.3, 0.4) is 0 Å². The SMILES string of the molecule is CCNC(=NCc1cccs1)NCCC1=CCCCC1. The highest BCUT2D eigenvalue weighted by Gasteiger charge is 2.04. The van der Waals surface area contributed by atoms with Crippen LogP contribution in [-0.4, -0.2) is 19.0 Å². The molecule has 1 aliphatic rings. The minimum Gasteiger partial charge on any atom is -0.357 e. The lowest BCUT2D eigenvalue weighted by Crippen LogP contribution is -2.37. The molecule has 20 heavy (non-hydrogen) atoms. The quantitative estimate of drug-likeness (QED) is 0.476. The van der Waals surface area contributed by atoms with Gasteiger partial charge in [0.15, 0.2) is 5.96 Å². The van der Waals surface area contributed by atoms with Gasteiger partial charge in [-0.15, -0.1) is 11.3 Å². The molecular weight excluding hydrogens is 266 g/mol. The summed E-state index contributed by atoms with van der Waals surface area (Å²) in [5.74, 6) is 0.928. The molecule has 1 aliphatic carbocycles. The Hall–Kier alpha value is -1.29. The van der Waals surface area contributed by atoms with Gasteiger partial charge in [0.2, 0.25) is 0 Å². The predicted molar refractivity (Wildman–Crippen MR) is 88.3 cm³/mol. The first kappa shape index (κ1) is 15.1. The van der Waals surface area contributed by atoms with E-state index in [0.29, 0.717) is 0 Å². The Bertz CT molecular complexity index is 435. The molecule has 2 N–H and O–H groups in total. The molecule has 0 amide bonds. The second kappa shape index (κ2) is 8.80. The van der Waals surface area contributed by atoms with Crippen molar-refractivity contribution in [2.45, 2.75) is 45.6 Å². The molecule has 0 fully saturated rings. The van der Waals surface area contributed by atoms with E-state index in [2.05, 4.69) is 46.1 Å². The fraction of sp³-hybridized carbons (Fsp3) is 0.562. The summed E-state index contributed by atoms with van der Waals surface area (Å²) in [6.07, 6.45) is 8.83. The molecular formula is C16H25N3S. The van der Waals surface area contributed by atoms with Crippen molar-refractivity contribution >= 4 is 17.3 Å². The van der Waals surface area contributed by atoms with E-state index in [4.69, 9.17) is 0 Å². The van der Waals surface area contributed by atoms with E-state index < -0.39 is 0 Å². The van der Waals surface area contributed by atoms with Crippen LogP contribution in [0.2, 0.25) is 0 Å². The number of nitrogens with one attached hydrogen (secondary N) is 2. The summed E-state index contributed by atoms with van der Waals surface area (Å²) in [6.45, 7) is 4.74. The Morgan fingerprint density at radius 2 is 2.30 bits per heavy atom. The van der Waals surface area contributed by atoms with Gasteiger partial charge in [0.25, 0.3) is 0 Å². The normalized spacial score (nSPS) is 15.8. The number of nitrogens with zero attached hydrogens (tertiary/aromatic N) is 1. The molecule has 0 atom stereocenters. The molecule has 0 spiro atoms. The van der Waals surface area contributed by atoms with Crippen molar-refractivity contribution in [3.05, 3.63) is 34.0 Å². The van der Waals surface area contributed by atoms with Gasteiger partial charge in [-0.3, -0.25) is 0 Å². The fourth-order valence-electron chi connectivity index (χ4n) is 2.37. The molecule has 1 heterocycles. The van der Waals surface area contributed by atoms with Gasteiger partial charge in [-0.1, -0.05) is 17.7 Å². The topological polar surface area (TPSA) is 36.4 Å².